The van der Waals surface area contributed by atoms with Crippen LogP contribution in [0, 0.1) is 23.3 Å². The van der Waals surface area contributed by atoms with Gasteiger partial charge < -0.3 is 5.32 Å². The Bertz CT molecular complexity index is 1200. The first-order valence-electron chi connectivity index (χ1n) is 8.74. The first-order chi connectivity index (χ1) is 14.5. The number of hydrogen-bond donors (Lipinski definition) is 1. The van der Waals surface area contributed by atoms with Crippen molar-refractivity contribution >= 4 is 17.9 Å². The molecule has 0 radical (unpaired) electrons. The van der Waals surface area contributed by atoms with Crippen molar-refractivity contribution in [1.82, 2.24) is 14.9 Å². The third-order valence-corrected chi connectivity index (χ3v) is 4.14. The molecule has 30 heavy (non-hydrogen) atoms. The molecule has 1 N–H and O–H groups in total. The molecule has 5 nitrogen and oxygen atoms in total. The molecular formula is C21H13F4N5. The normalized spacial score (nSPS) is 11.2. The van der Waals surface area contributed by atoms with Crippen LogP contribution in [0.4, 0.5) is 29.2 Å². The highest BCUT2D eigenvalue weighted by atomic mass is 19.1. The van der Waals surface area contributed by atoms with E-state index in [1.165, 1.54) is 54.7 Å². The minimum absolute atomic E-state index is 0.00755. The van der Waals surface area contributed by atoms with E-state index in [0.29, 0.717) is 5.69 Å². The summed E-state index contributed by atoms with van der Waals surface area (Å²) in [7, 11) is 0. The second kappa shape index (κ2) is 8.16. The molecule has 1 heterocycles. The maximum atomic E-state index is 14.3. The van der Waals surface area contributed by atoms with Crippen LogP contribution < -0.4 is 5.32 Å². The van der Waals surface area contributed by atoms with Crippen LogP contribution in [0.3, 0.4) is 0 Å². The number of benzene rings is 3. The number of rotatable bonds is 5. The molecule has 0 bridgehead atoms. The van der Waals surface area contributed by atoms with Gasteiger partial charge in [0.05, 0.1) is 11.8 Å². The number of nitrogens with one attached hydrogen (secondary N) is 1. The second-order valence-corrected chi connectivity index (χ2v) is 6.15. The number of aromatic nitrogens is 3. The lowest BCUT2D eigenvalue weighted by Crippen LogP contribution is -2.03. The Morgan fingerprint density at radius 1 is 0.767 bits per heavy atom. The van der Waals surface area contributed by atoms with E-state index in [1.807, 2.05) is 0 Å². The molecule has 0 unspecified atom stereocenters. The Morgan fingerprint density at radius 2 is 1.43 bits per heavy atom. The highest BCUT2D eigenvalue weighted by Gasteiger charge is 2.20. The summed E-state index contributed by atoms with van der Waals surface area (Å²) in [6, 6.07) is 14.6. The summed E-state index contributed by atoms with van der Waals surface area (Å²) in [5.41, 5.74) is 0.147. The quantitative estimate of drug-likeness (QED) is 0.366. The van der Waals surface area contributed by atoms with Crippen LogP contribution in [0.2, 0.25) is 0 Å². The SMILES string of the molecule is Fc1ccc(Nc2nnc(-c3c(F)cccc3F)n2/N=C/c2ccccc2F)cc1. The molecule has 0 spiro atoms. The minimum Gasteiger partial charge on any atom is -0.323 e. The van der Waals surface area contributed by atoms with Gasteiger partial charge in [-0.1, -0.05) is 24.3 Å². The van der Waals surface area contributed by atoms with E-state index in [1.54, 1.807) is 6.07 Å². The minimum atomic E-state index is -0.863. The molecule has 4 aromatic rings. The molecule has 0 saturated heterocycles. The van der Waals surface area contributed by atoms with Crippen molar-refractivity contribution in [2.45, 2.75) is 0 Å². The van der Waals surface area contributed by atoms with E-state index in [0.717, 1.165) is 16.8 Å². The van der Waals surface area contributed by atoms with Crippen LogP contribution in [-0.2, 0) is 0 Å². The Hall–Kier alpha value is -4.01. The van der Waals surface area contributed by atoms with Crippen molar-refractivity contribution in [3.8, 4) is 11.4 Å². The van der Waals surface area contributed by atoms with Gasteiger partial charge in [0.2, 0.25) is 5.95 Å². The Labute approximate surface area is 168 Å². The molecule has 0 atom stereocenters. The van der Waals surface area contributed by atoms with Gasteiger partial charge in [0.25, 0.3) is 0 Å². The van der Waals surface area contributed by atoms with Gasteiger partial charge in [-0.2, -0.15) is 9.78 Å². The third kappa shape index (κ3) is 3.90. The fourth-order valence-electron chi connectivity index (χ4n) is 2.70. The Balaban J connectivity index is 1.82. The monoisotopic (exact) mass is 411 g/mol. The number of anilines is 2. The van der Waals surface area contributed by atoms with E-state index in [2.05, 4.69) is 20.6 Å². The second-order valence-electron chi connectivity index (χ2n) is 6.15. The molecule has 0 fully saturated rings. The Kier molecular flexibility index (Phi) is 5.25. The van der Waals surface area contributed by atoms with E-state index in [4.69, 9.17) is 0 Å². The predicted octanol–water partition coefficient (Wildman–Crippen LogP) is 5.13. The van der Waals surface area contributed by atoms with Crippen LogP contribution >= 0.6 is 0 Å². The van der Waals surface area contributed by atoms with Crippen LogP contribution in [0.15, 0.2) is 71.8 Å². The molecule has 1 aromatic heterocycles. The molecule has 4 rings (SSSR count). The van der Waals surface area contributed by atoms with Crippen molar-refractivity contribution in [2.75, 3.05) is 5.32 Å². The number of hydrogen-bond acceptors (Lipinski definition) is 4. The maximum Gasteiger partial charge on any atom is 0.250 e. The lowest BCUT2D eigenvalue weighted by Gasteiger charge is -2.08. The summed E-state index contributed by atoms with van der Waals surface area (Å²) in [6.45, 7) is 0. The standard InChI is InChI=1S/C21H13F4N5/c22-14-8-10-15(11-9-14)27-21-29-28-20(19-17(24)6-3-7-18(19)25)30(21)26-12-13-4-1-2-5-16(13)23/h1-12H,(H,27,29)/b26-12+. The molecule has 3 aromatic carbocycles. The van der Waals surface area contributed by atoms with E-state index < -0.39 is 28.8 Å². The van der Waals surface area contributed by atoms with Crippen molar-refractivity contribution in [2.24, 2.45) is 5.10 Å². The average molecular weight is 411 g/mol. The van der Waals surface area contributed by atoms with Gasteiger partial charge in [-0.3, -0.25) is 0 Å². The fourth-order valence-corrected chi connectivity index (χ4v) is 2.70. The predicted molar refractivity (Wildman–Crippen MR) is 104 cm³/mol. The van der Waals surface area contributed by atoms with E-state index >= 15 is 0 Å². The molecule has 150 valence electrons. The average Bonchev–Trinajstić information content (AvgIpc) is 3.11. The zero-order chi connectivity index (χ0) is 21.1. The highest BCUT2D eigenvalue weighted by Crippen LogP contribution is 2.27. The molecule has 9 heteroatoms. The zero-order valence-corrected chi connectivity index (χ0v) is 15.2. The fraction of sp³-hybridized carbons (Fsp3) is 0. The van der Waals surface area contributed by atoms with E-state index in [-0.39, 0.29) is 17.3 Å². The van der Waals surface area contributed by atoms with Crippen molar-refractivity contribution < 1.29 is 17.6 Å². The molecule has 0 aliphatic carbocycles. The first kappa shape index (κ1) is 19.3. The summed E-state index contributed by atoms with van der Waals surface area (Å²) in [6.07, 6.45) is 1.18. The zero-order valence-electron chi connectivity index (χ0n) is 15.2. The molecular weight excluding hydrogens is 398 g/mol. The summed E-state index contributed by atoms with van der Waals surface area (Å²) in [5.74, 6) is -2.93. The van der Waals surface area contributed by atoms with Gasteiger partial charge in [0.1, 0.15) is 23.3 Å². The largest absolute Gasteiger partial charge is 0.323 e. The smallest absolute Gasteiger partial charge is 0.250 e. The van der Waals surface area contributed by atoms with Crippen LogP contribution in [0.5, 0.6) is 0 Å². The molecule has 0 amide bonds. The molecule has 0 aliphatic heterocycles. The topological polar surface area (TPSA) is 55.1 Å². The van der Waals surface area contributed by atoms with E-state index in [9.17, 15) is 17.6 Å². The Morgan fingerprint density at radius 3 is 2.13 bits per heavy atom. The van der Waals surface area contributed by atoms with Gasteiger partial charge in [0, 0.05) is 11.3 Å². The van der Waals surface area contributed by atoms with Gasteiger partial charge in [-0.05, 0) is 42.5 Å². The van der Waals surface area contributed by atoms with Gasteiger partial charge in [-0.15, -0.1) is 10.2 Å². The van der Waals surface area contributed by atoms with Gasteiger partial charge in [-0.25, -0.2) is 17.6 Å². The highest BCUT2D eigenvalue weighted by molar-refractivity contribution is 5.80. The number of halogens is 4. The van der Waals surface area contributed by atoms with Crippen molar-refractivity contribution in [3.63, 3.8) is 0 Å². The van der Waals surface area contributed by atoms with Gasteiger partial charge >= 0.3 is 0 Å². The maximum absolute atomic E-state index is 14.3. The van der Waals surface area contributed by atoms with Crippen molar-refractivity contribution in [3.05, 3.63) is 95.6 Å². The number of nitrogens with zero attached hydrogens (tertiary/aromatic N) is 4. The van der Waals surface area contributed by atoms with Crippen LogP contribution in [-0.4, -0.2) is 21.1 Å². The summed E-state index contributed by atoms with van der Waals surface area (Å²) in [4.78, 5) is 0. The molecule has 0 aliphatic rings. The van der Waals surface area contributed by atoms with Crippen molar-refractivity contribution in [1.29, 1.82) is 0 Å². The summed E-state index contributed by atoms with van der Waals surface area (Å²) in [5, 5.41) is 14.7. The first-order valence-corrected chi connectivity index (χ1v) is 8.74. The summed E-state index contributed by atoms with van der Waals surface area (Å²) < 4.78 is 56.8. The van der Waals surface area contributed by atoms with Crippen LogP contribution in [0.1, 0.15) is 5.56 Å². The molecule has 0 saturated carbocycles. The van der Waals surface area contributed by atoms with Crippen LogP contribution in [0.25, 0.3) is 11.4 Å². The lowest BCUT2D eigenvalue weighted by atomic mass is 10.2. The third-order valence-electron chi connectivity index (χ3n) is 4.14. The lowest BCUT2D eigenvalue weighted by molar-refractivity contribution is 0.585. The van der Waals surface area contributed by atoms with Gasteiger partial charge in [0.15, 0.2) is 5.82 Å². The summed E-state index contributed by atoms with van der Waals surface area (Å²) >= 11 is 0.